The number of ether oxygens (including phenoxy) is 1. The standard InChI is InChI=1S/C14H20O3/c15-9-13(16)12-7-4-8-14(12)17-10-11-5-2-1-3-6-11/h1-3,5-6,12-16H,4,7-10H2/t12-,13?,14+/m0/s1. The average molecular weight is 236 g/mol. The van der Waals surface area contributed by atoms with Crippen molar-refractivity contribution in [1.29, 1.82) is 0 Å². The Labute approximate surface area is 102 Å². The molecule has 2 N–H and O–H groups in total. The molecule has 1 aromatic carbocycles. The van der Waals surface area contributed by atoms with Crippen LogP contribution in [0.5, 0.6) is 0 Å². The van der Waals surface area contributed by atoms with Gasteiger partial charge in [0.1, 0.15) is 0 Å². The maximum atomic E-state index is 9.70. The van der Waals surface area contributed by atoms with E-state index in [0.29, 0.717) is 6.61 Å². The summed E-state index contributed by atoms with van der Waals surface area (Å²) < 4.78 is 5.85. The van der Waals surface area contributed by atoms with Crippen molar-refractivity contribution in [2.45, 2.75) is 38.1 Å². The maximum Gasteiger partial charge on any atom is 0.0823 e. The Bertz CT molecular complexity index is 325. The molecular formula is C14H20O3. The first kappa shape index (κ1) is 12.6. The van der Waals surface area contributed by atoms with Gasteiger partial charge < -0.3 is 14.9 Å². The largest absolute Gasteiger partial charge is 0.394 e. The van der Waals surface area contributed by atoms with Gasteiger partial charge in [-0.2, -0.15) is 0 Å². The number of aliphatic hydroxyl groups is 2. The molecule has 17 heavy (non-hydrogen) atoms. The van der Waals surface area contributed by atoms with Crippen molar-refractivity contribution in [3.05, 3.63) is 35.9 Å². The van der Waals surface area contributed by atoms with E-state index >= 15 is 0 Å². The summed E-state index contributed by atoms with van der Waals surface area (Å²) in [6.45, 7) is 0.413. The van der Waals surface area contributed by atoms with Gasteiger partial charge >= 0.3 is 0 Å². The van der Waals surface area contributed by atoms with E-state index in [-0.39, 0.29) is 18.6 Å². The summed E-state index contributed by atoms with van der Waals surface area (Å²) >= 11 is 0. The van der Waals surface area contributed by atoms with Gasteiger partial charge in [-0.15, -0.1) is 0 Å². The highest BCUT2D eigenvalue weighted by atomic mass is 16.5. The van der Waals surface area contributed by atoms with Crippen molar-refractivity contribution in [3.63, 3.8) is 0 Å². The predicted octanol–water partition coefficient (Wildman–Crippen LogP) is 1.73. The highest BCUT2D eigenvalue weighted by Crippen LogP contribution is 2.31. The summed E-state index contributed by atoms with van der Waals surface area (Å²) in [5.41, 5.74) is 1.15. The van der Waals surface area contributed by atoms with Gasteiger partial charge in [0.15, 0.2) is 0 Å². The molecule has 0 amide bonds. The normalized spacial score (nSPS) is 26.0. The van der Waals surface area contributed by atoms with Crippen molar-refractivity contribution >= 4 is 0 Å². The molecule has 0 saturated heterocycles. The lowest BCUT2D eigenvalue weighted by atomic mass is 9.99. The van der Waals surface area contributed by atoms with Gasteiger partial charge in [0.25, 0.3) is 0 Å². The molecule has 2 rings (SSSR count). The van der Waals surface area contributed by atoms with E-state index in [2.05, 4.69) is 0 Å². The molecule has 0 radical (unpaired) electrons. The van der Waals surface area contributed by atoms with E-state index in [9.17, 15) is 5.11 Å². The average Bonchev–Trinajstić information content (AvgIpc) is 2.85. The Balaban J connectivity index is 1.86. The Kier molecular flexibility index (Phi) is 4.54. The zero-order chi connectivity index (χ0) is 12.1. The molecular weight excluding hydrogens is 216 g/mol. The third-order valence-corrected chi connectivity index (χ3v) is 3.49. The number of aliphatic hydroxyl groups excluding tert-OH is 2. The minimum atomic E-state index is -0.640. The SMILES string of the molecule is OCC(O)[C@@H]1CCC[C@H]1OCc1ccccc1. The highest BCUT2D eigenvalue weighted by molar-refractivity contribution is 5.13. The fourth-order valence-corrected chi connectivity index (χ4v) is 2.51. The lowest BCUT2D eigenvalue weighted by Crippen LogP contribution is -2.31. The van der Waals surface area contributed by atoms with Gasteiger partial charge in [0.05, 0.1) is 25.4 Å². The molecule has 94 valence electrons. The van der Waals surface area contributed by atoms with Crippen LogP contribution in [0.15, 0.2) is 30.3 Å². The second-order valence-corrected chi connectivity index (χ2v) is 4.68. The molecule has 1 aliphatic rings. The molecule has 0 spiro atoms. The molecule has 3 atom stereocenters. The molecule has 1 aliphatic carbocycles. The smallest absolute Gasteiger partial charge is 0.0823 e. The number of hydrogen-bond acceptors (Lipinski definition) is 3. The van der Waals surface area contributed by atoms with E-state index in [1.165, 1.54) is 0 Å². The van der Waals surface area contributed by atoms with E-state index < -0.39 is 6.10 Å². The summed E-state index contributed by atoms with van der Waals surface area (Å²) in [6, 6.07) is 10.0. The summed E-state index contributed by atoms with van der Waals surface area (Å²) in [5.74, 6) is 0.0868. The van der Waals surface area contributed by atoms with Crippen molar-refractivity contribution in [2.24, 2.45) is 5.92 Å². The van der Waals surface area contributed by atoms with Crippen LogP contribution in [0.4, 0.5) is 0 Å². The lowest BCUT2D eigenvalue weighted by molar-refractivity contribution is -0.0438. The third-order valence-electron chi connectivity index (χ3n) is 3.49. The van der Waals surface area contributed by atoms with Gasteiger partial charge in [0, 0.05) is 5.92 Å². The topological polar surface area (TPSA) is 49.7 Å². The fraction of sp³-hybridized carbons (Fsp3) is 0.571. The predicted molar refractivity (Wildman–Crippen MR) is 65.5 cm³/mol. The molecule has 0 aromatic heterocycles. The zero-order valence-electron chi connectivity index (χ0n) is 9.96. The molecule has 0 heterocycles. The molecule has 1 aromatic rings. The summed E-state index contributed by atoms with van der Waals surface area (Å²) in [6.07, 6.45) is 2.44. The lowest BCUT2D eigenvalue weighted by Gasteiger charge is -2.23. The highest BCUT2D eigenvalue weighted by Gasteiger charge is 2.33. The van der Waals surface area contributed by atoms with Gasteiger partial charge in [0.2, 0.25) is 0 Å². The van der Waals surface area contributed by atoms with E-state index in [4.69, 9.17) is 9.84 Å². The molecule has 0 bridgehead atoms. The van der Waals surface area contributed by atoms with Crippen LogP contribution in [-0.2, 0) is 11.3 Å². The van der Waals surface area contributed by atoms with Crippen molar-refractivity contribution in [3.8, 4) is 0 Å². The van der Waals surface area contributed by atoms with Gasteiger partial charge in [-0.3, -0.25) is 0 Å². The molecule has 0 aliphatic heterocycles. The fourth-order valence-electron chi connectivity index (χ4n) is 2.51. The first-order valence-electron chi connectivity index (χ1n) is 6.25. The van der Waals surface area contributed by atoms with Crippen LogP contribution in [0.3, 0.4) is 0 Å². The van der Waals surface area contributed by atoms with E-state index in [0.717, 1.165) is 24.8 Å². The van der Waals surface area contributed by atoms with Crippen molar-refractivity contribution in [1.82, 2.24) is 0 Å². The first-order valence-corrected chi connectivity index (χ1v) is 6.25. The number of hydrogen-bond donors (Lipinski definition) is 2. The number of benzene rings is 1. The van der Waals surface area contributed by atoms with Gasteiger partial charge in [-0.05, 0) is 18.4 Å². The van der Waals surface area contributed by atoms with E-state index in [1.54, 1.807) is 0 Å². The van der Waals surface area contributed by atoms with Crippen LogP contribution in [0, 0.1) is 5.92 Å². The molecule has 1 fully saturated rings. The number of rotatable bonds is 5. The Morgan fingerprint density at radius 1 is 1.24 bits per heavy atom. The Morgan fingerprint density at radius 3 is 2.71 bits per heavy atom. The van der Waals surface area contributed by atoms with Crippen LogP contribution in [0.1, 0.15) is 24.8 Å². The minimum absolute atomic E-state index is 0.0809. The second-order valence-electron chi connectivity index (χ2n) is 4.68. The first-order chi connectivity index (χ1) is 8.31. The van der Waals surface area contributed by atoms with Gasteiger partial charge in [-0.1, -0.05) is 36.8 Å². The molecule has 3 nitrogen and oxygen atoms in total. The minimum Gasteiger partial charge on any atom is -0.394 e. The zero-order valence-corrected chi connectivity index (χ0v) is 9.96. The van der Waals surface area contributed by atoms with Crippen LogP contribution in [0.2, 0.25) is 0 Å². The molecule has 1 saturated carbocycles. The van der Waals surface area contributed by atoms with Crippen LogP contribution in [0.25, 0.3) is 0 Å². The molecule has 3 heteroatoms. The maximum absolute atomic E-state index is 9.70. The van der Waals surface area contributed by atoms with Crippen molar-refractivity contribution in [2.75, 3.05) is 6.61 Å². The quantitative estimate of drug-likeness (QED) is 0.818. The molecule has 1 unspecified atom stereocenters. The van der Waals surface area contributed by atoms with Crippen LogP contribution < -0.4 is 0 Å². The van der Waals surface area contributed by atoms with Gasteiger partial charge in [-0.25, -0.2) is 0 Å². The van der Waals surface area contributed by atoms with Crippen molar-refractivity contribution < 1.29 is 14.9 Å². The Hall–Kier alpha value is -0.900. The second kappa shape index (κ2) is 6.15. The van der Waals surface area contributed by atoms with Crippen LogP contribution >= 0.6 is 0 Å². The Morgan fingerprint density at radius 2 is 2.00 bits per heavy atom. The summed E-state index contributed by atoms with van der Waals surface area (Å²) in [4.78, 5) is 0. The monoisotopic (exact) mass is 236 g/mol. The van der Waals surface area contributed by atoms with Crippen LogP contribution in [-0.4, -0.2) is 29.0 Å². The summed E-state index contributed by atoms with van der Waals surface area (Å²) in [5, 5.41) is 18.7. The third kappa shape index (κ3) is 3.28. The van der Waals surface area contributed by atoms with E-state index in [1.807, 2.05) is 30.3 Å². The summed E-state index contributed by atoms with van der Waals surface area (Å²) in [7, 11) is 0.